The molecule has 12 nitrogen and oxygen atoms in total. The topological polar surface area (TPSA) is 113 Å². The summed E-state index contributed by atoms with van der Waals surface area (Å²) in [6.45, 7) is 10.2. The molecule has 0 spiro atoms. The van der Waals surface area contributed by atoms with Crippen LogP contribution in [-0.2, 0) is 47.4 Å². The molecule has 1 N–H and O–H groups in total. The molecule has 4 aromatic carbocycles. The highest BCUT2D eigenvalue weighted by Crippen LogP contribution is 2.32. The number of hydrogen-bond donors (Lipinski definition) is 1. The fourth-order valence-electron chi connectivity index (χ4n) is 9.06. The first kappa shape index (κ1) is 40.5. The lowest BCUT2D eigenvalue weighted by Gasteiger charge is -2.55. The van der Waals surface area contributed by atoms with E-state index in [9.17, 15) is 24.3 Å². The number of rotatable bonds is 12. The maximum atomic E-state index is 14.8. The molecule has 0 aliphatic carbocycles. The highest BCUT2D eigenvalue weighted by atomic mass is 16.3. The van der Waals surface area contributed by atoms with Gasteiger partial charge in [0.15, 0.2) is 0 Å². The Morgan fingerprint density at radius 2 is 1.55 bits per heavy atom. The summed E-state index contributed by atoms with van der Waals surface area (Å²) in [5.41, 5.74) is 6.64. The number of piperazine rings is 2. The standard InChI is InChI=1S/C48H53N7O5/c1-4-23-53-33-45(58)54-42(28-36-17-20-39(56)21-18-36)48(60)52(32-43(54)55(53)44(57)22-19-35-9-6-5-7-10-35)30-38-11-8-12-40-41(31-49(3)46(38)40)47(59)51-26-24-50(25-27-51)29-37-15-13-34(2)14-16-37/h4-18,20-21,31,42-43,56H,1,19,22-30,32-33H2,2-3H3/t42-,43-/m0/s1. The zero-order valence-corrected chi connectivity index (χ0v) is 34.5. The third-order valence-corrected chi connectivity index (χ3v) is 12.1. The van der Waals surface area contributed by atoms with Crippen LogP contribution in [0.15, 0.2) is 116 Å². The van der Waals surface area contributed by atoms with Gasteiger partial charge in [-0.05, 0) is 47.7 Å². The normalized spacial score (nSPS) is 18.9. The summed E-state index contributed by atoms with van der Waals surface area (Å²) in [4.78, 5) is 65.1. The molecule has 4 heterocycles. The summed E-state index contributed by atoms with van der Waals surface area (Å²) in [7, 11) is 1.93. The summed E-state index contributed by atoms with van der Waals surface area (Å²) in [6.07, 6.45) is 3.76. The molecule has 0 bridgehead atoms. The van der Waals surface area contributed by atoms with Gasteiger partial charge in [0.25, 0.3) is 5.91 Å². The molecule has 8 rings (SSSR count). The molecule has 3 aliphatic rings. The third kappa shape index (κ3) is 8.43. The molecule has 0 radical (unpaired) electrons. The highest BCUT2D eigenvalue weighted by Gasteiger charge is 2.51. The van der Waals surface area contributed by atoms with E-state index in [1.54, 1.807) is 50.2 Å². The molecule has 3 saturated heterocycles. The van der Waals surface area contributed by atoms with Gasteiger partial charge in [-0.2, -0.15) is 0 Å². The van der Waals surface area contributed by atoms with E-state index in [4.69, 9.17) is 0 Å². The number of carbonyl (C=O) groups excluding carboxylic acids is 4. The van der Waals surface area contributed by atoms with Gasteiger partial charge < -0.3 is 24.4 Å². The van der Waals surface area contributed by atoms with Crippen molar-refractivity contribution in [3.8, 4) is 5.75 Å². The number of phenolic OH excluding ortho intramolecular Hbond substituents is 1. The number of amides is 4. The van der Waals surface area contributed by atoms with Crippen molar-refractivity contribution in [2.24, 2.45) is 7.05 Å². The van der Waals surface area contributed by atoms with Gasteiger partial charge >= 0.3 is 0 Å². The van der Waals surface area contributed by atoms with Crippen LogP contribution in [-0.4, -0.2) is 121 Å². The number of para-hydroxylation sites is 1. The number of hydrogen-bond acceptors (Lipinski definition) is 7. The van der Waals surface area contributed by atoms with E-state index in [0.29, 0.717) is 25.1 Å². The quantitative estimate of drug-likeness (QED) is 0.174. The van der Waals surface area contributed by atoms with Crippen molar-refractivity contribution in [3.05, 3.63) is 149 Å². The average molecular weight is 808 g/mol. The van der Waals surface area contributed by atoms with Crippen LogP contribution in [0.2, 0.25) is 0 Å². The zero-order chi connectivity index (χ0) is 41.9. The maximum absolute atomic E-state index is 14.8. The Hall–Kier alpha value is -6.24. The third-order valence-electron chi connectivity index (χ3n) is 12.1. The van der Waals surface area contributed by atoms with Crippen molar-refractivity contribution in [1.82, 2.24) is 34.2 Å². The molecule has 12 heteroatoms. The molecule has 1 aromatic heterocycles. The Kier molecular flexibility index (Phi) is 11.9. The SMILES string of the molecule is C=CCN1CC(=O)N2[C@@H](Cc3ccc(O)cc3)C(=O)N(Cc3cccc4c(C(=O)N5CCN(Cc6ccc(C)cc6)CC5)cn(C)c34)C[C@@H]2N1C(=O)CCc1ccccc1. The van der Waals surface area contributed by atoms with Gasteiger partial charge in [0.1, 0.15) is 18.0 Å². The van der Waals surface area contributed by atoms with Crippen molar-refractivity contribution in [2.45, 2.75) is 51.5 Å². The van der Waals surface area contributed by atoms with Gasteiger partial charge in [-0.3, -0.25) is 24.1 Å². The molecule has 5 aromatic rings. The number of nitrogens with zero attached hydrogens (tertiary/aromatic N) is 7. The van der Waals surface area contributed by atoms with Crippen LogP contribution in [0.25, 0.3) is 10.9 Å². The molecule has 3 fully saturated rings. The lowest BCUT2D eigenvalue weighted by atomic mass is 9.97. The minimum Gasteiger partial charge on any atom is -0.508 e. The summed E-state index contributed by atoms with van der Waals surface area (Å²) in [6, 6.07) is 30.1. The summed E-state index contributed by atoms with van der Waals surface area (Å²) < 4.78 is 1.97. The first-order valence-electron chi connectivity index (χ1n) is 20.8. The fraction of sp³-hybridized carbons (Fsp3) is 0.333. The van der Waals surface area contributed by atoms with Gasteiger partial charge in [-0.1, -0.05) is 96.6 Å². The van der Waals surface area contributed by atoms with E-state index in [1.165, 1.54) is 11.1 Å². The summed E-state index contributed by atoms with van der Waals surface area (Å²) >= 11 is 0. The number of benzene rings is 4. The molecule has 0 unspecified atom stereocenters. The van der Waals surface area contributed by atoms with Crippen molar-refractivity contribution in [1.29, 1.82) is 0 Å². The second kappa shape index (κ2) is 17.5. The van der Waals surface area contributed by atoms with Crippen LogP contribution in [0.1, 0.15) is 44.6 Å². The van der Waals surface area contributed by atoms with Crippen molar-refractivity contribution in [2.75, 3.05) is 45.8 Å². The predicted molar refractivity (Wildman–Crippen MR) is 230 cm³/mol. The van der Waals surface area contributed by atoms with Gasteiger partial charge in [-0.15, -0.1) is 6.58 Å². The molecule has 60 heavy (non-hydrogen) atoms. The van der Waals surface area contributed by atoms with Crippen LogP contribution in [0.4, 0.5) is 0 Å². The summed E-state index contributed by atoms with van der Waals surface area (Å²) in [5.74, 6) is -0.531. The number of aromatic hydroxyl groups is 1. The maximum Gasteiger partial charge on any atom is 0.256 e. The smallest absolute Gasteiger partial charge is 0.256 e. The Balaban J connectivity index is 1.07. The van der Waals surface area contributed by atoms with Gasteiger partial charge in [-0.25, -0.2) is 10.0 Å². The van der Waals surface area contributed by atoms with Crippen LogP contribution in [0, 0.1) is 6.92 Å². The molecular formula is C48H53N7O5. The fourth-order valence-corrected chi connectivity index (χ4v) is 9.06. The van der Waals surface area contributed by atoms with E-state index in [2.05, 4.69) is 42.7 Å². The lowest BCUT2D eigenvalue weighted by Crippen LogP contribution is -2.75. The molecule has 0 saturated carbocycles. The minimum atomic E-state index is -0.898. The largest absolute Gasteiger partial charge is 0.508 e. The van der Waals surface area contributed by atoms with E-state index >= 15 is 0 Å². The molecule has 2 atom stereocenters. The van der Waals surface area contributed by atoms with E-state index in [-0.39, 0.29) is 68.4 Å². The molecule has 4 amide bonds. The Labute approximate surface area is 351 Å². The van der Waals surface area contributed by atoms with E-state index < -0.39 is 12.2 Å². The van der Waals surface area contributed by atoms with E-state index in [0.717, 1.165) is 47.2 Å². The molecule has 3 aliphatic heterocycles. The van der Waals surface area contributed by atoms with E-state index in [1.807, 2.05) is 71.2 Å². The van der Waals surface area contributed by atoms with Gasteiger partial charge in [0, 0.05) is 77.3 Å². The number of aryl methyl sites for hydroxylation is 3. The average Bonchev–Trinajstić information content (AvgIpc) is 3.60. The minimum absolute atomic E-state index is 0.0147. The monoisotopic (exact) mass is 807 g/mol. The number of fused-ring (bicyclic) bond motifs is 2. The van der Waals surface area contributed by atoms with Crippen molar-refractivity contribution in [3.63, 3.8) is 0 Å². The number of phenols is 1. The van der Waals surface area contributed by atoms with Crippen LogP contribution in [0.5, 0.6) is 5.75 Å². The van der Waals surface area contributed by atoms with Gasteiger partial charge in [0.2, 0.25) is 17.7 Å². The first-order chi connectivity index (χ1) is 29.1. The molecule has 310 valence electrons. The highest BCUT2D eigenvalue weighted by molar-refractivity contribution is 6.07. The predicted octanol–water partition coefficient (Wildman–Crippen LogP) is 5.14. The van der Waals surface area contributed by atoms with Crippen LogP contribution in [0.3, 0.4) is 0 Å². The number of hydrazine groups is 1. The molecular weight excluding hydrogens is 755 g/mol. The Morgan fingerprint density at radius 1 is 0.833 bits per heavy atom. The first-order valence-corrected chi connectivity index (χ1v) is 20.8. The second-order valence-electron chi connectivity index (χ2n) is 16.3. The summed E-state index contributed by atoms with van der Waals surface area (Å²) in [5, 5.41) is 14.3. The number of carbonyl (C=O) groups is 4. The second-order valence-corrected chi connectivity index (χ2v) is 16.3. The Bertz CT molecular complexity index is 2370. The van der Waals surface area contributed by atoms with Crippen LogP contribution >= 0.6 is 0 Å². The van der Waals surface area contributed by atoms with Crippen molar-refractivity contribution < 1.29 is 24.3 Å². The Morgan fingerprint density at radius 3 is 2.27 bits per heavy atom. The number of aromatic nitrogens is 1. The lowest BCUT2D eigenvalue weighted by molar-refractivity contribution is -0.205. The zero-order valence-electron chi connectivity index (χ0n) is 34.5. The van der Waals surface area contributed by atoms with Crippen LogP contribution < -0.4 is 0 Å². The van der Waals surface area contributed by atoms with Gasteiger partial charge in [0.05, 0.1) is 24.2 Å². The van der Waals surface area contributed by atoms with Crippen molar-refractivity contribution >= 4 is 34.5 Å².